The number of rotatable bonds is 12. The van der Waals surface area contributed by atoms with Crippen LogP contribution in [0.3, 0.4) is 0 Å². The van der Waals surface area contributed by atoms with Crippen LogP contribution < -0.4 is 5.32 Å². The molecule has 5 unspecified atom stereocenters. The van der Waals surface area contributed by atoms with Gasteiger partial charge in [0.2, 0.25) is 11.8 Å². The zero-order valence-corrected chi connectivity index (χ0v) is 20.1. The number of hydrogen-bond donors (Lipinski definition) is 1. The highest BCUT2D eigenvalue weighted by Crippen LogP contribution is 2.23. The Hall–Kier alpha value is -1.14. The summed E-state index contributed by atoms with van der Waals surface area (Å²) in [6.07, 6.45) is 1.76. The van der Waals surface area contributed by atoms with Crippen molar-refractivity contribution in [3.05, 3.63) is 0 Å². The molecule has 28 heavy (non-hydrogen) atoms. The first kappa shape index (κ1) is 26.9. The second-order valence-electron chi connectivity index (χ2n) is 8.89. The maximum atomic E-state index is 13.4. The van der Waals surface area contributed by atoms with Crippen LogP contribution in [0.5, 0.6) is 0 Å². The van der Waals surface area contributed by atoms with Gasteiger partial charge in [-0.15, -0.1) is 0 Å². The molecule has 0 aliphatic heterocycles. The van der Waals surface area contributed by atoms with Crippen molar-refractivity contribution in [2.45, 2.75) is 85.5 Å². The molecule has 0 spiro atoms. The molecule has 0 aromatic rings. The van der Waals surface area contributed by atoms with E-state index < -0.39 is 6.04 Å². The largest absolute Gasteiger partial charge is 0.379 e. The zero-order chi connectivity index (χ0) is 22.2. The van der Waals surface area contributed by atoms with Crippen molar-refractivity contribution < 1.29 is 14.3 Å². The van der Waals surface area contributed by atoms with Crippen LogP contribution in [0.15, 0.2) is 0 Å². The summed E-state index contributed by atoms with van der Waals surface area (Å²) in [5.74, 6) is 0.299. The maximum Gasteiger partial charge on any atom is 0.245 e. The number of ether oxygens (including phenoxy) is 1. The molecule has 6 heteroatoms. The summed E-state index contributed by atoms with van der Waals surface area (Å²) in [6.45, 7) is 14.3. The van der Waals surface area contributed by atoms with Gasteiger partial charge in [-0.2, -0.15) is 0 Å². The Balaban J connectivity index is 5.65. The number of nitrogens with zero attached hydrogens (tertiary/aromatic N) is 2. The molecule has 0 saturated carbocycles. The third kappa shape index (κ3) is 7.03. The molecule has 0 aliphatic rings. The lowest BCUT2D eigenvalue weighted by atomic mass is 9.90. The van der Waals surface area contributed by atoms with Gasteiger partial charge in [-0.1, -0.05) is 54.9 Å². The van der Waals surface area contributed by atoms with E-state index in [0.717, 1.165) is 12.8 Å². The van der Waals surface area contributed by atoms with Gasteiger partial charge in [0.15, 0.2) is 0 Å². The van der Waals surface area contributed by atoms with Gasteiger partial charge in [0.1, 0.15) is 6.04 Å². The Morgan fingerprint density at radius 2 is 1.46 bits per heavy atom. The molecule has 0 fully saturated rings. The predicted molar refractivity (Wildman–Crippen MR) is 116 cm³/mol. The van der Waals surface area contributed by atoms with Gasteiger partial charge in [-0.05, 0) is 38.3 Å². The lowest BCUT2D eigenvalue weighted by molar-refractivity contribution is -0.143. The van der Waals surface area contributed by atoms with Crippen LogP contribution in [-0.2, 0) is 14.3 Å². The molecule has 0 saturated heterocycles. The molecule has 0 rings (SSSR count). The fraction of sp³-hybridized carbons (Fsp3) is 0.909. The van der Waals surface area contributed by atoms with Crippen LogP contribution in [0.25, 0.3) is 0 Å². The summed E-state index contributed by atoms with van der Waals surface area (Å²) in [6, 6.07) is -0.855. The van der Waals surface area contributed by atoms with Crippen molar-refractivity contribution in [2.24, 2.45) is 17.8 Å². The van der Waals surface area contributed by atoms with E-state index in [1.54, 1.807) is 12.0 Å². The van der Waals surface area contributed by atoms with E-state index in [-0.39, 0.29) is 41.8 Å². The summed E-state index contributed by atoms with van der Waals surface area (Å²) < 4.78 is 5.69. The second-order valence-corrected chi connectivity index (χ2v) is 8.89. The normalized spacial score (nSPS) is 17.4. The molecular weight excluding hydrogens is 354 g/mol. The summed E-state index contributed by atoms with van der Waals surface area (Å²) >= 11 is 0. The van der Waals surface area contributed by atoms with Crippen molar-refractivity contribution in [3.63, 3.8) is 0 Å². The van der Waals surface area contributed by atoms with E-state index in [2.05, 4.69) is 26.1 Å². The van der Waals surface area contributed by atoms with E-state index in [9.17, 15) is 9.59 Å². The molecule has 0 bridgehead atoms. The fourth-order valence-corrected chi connectivity index (χ4v) is 4.04. The van der Waals surface area contributed by atoms with Gasteiger partial charge in [-0.3, -0.25) is 14.5 Å². The topological polar surface area (TPSA) is 61.9 Å². The first-order chi connectivity index (χ1) is 12.9. The molecule has 5 atom stereocenters. The summed E-state index contributed by atoms with van der Waals surface area (Å²) in [5, 5.41) is 3.03. The Morgan fingerprint density at radius 1 is 0.929 bits per heavy atom. The predicted octanol–water partition coefficient (Wildman–Crippen LogP) is 3.01. The van der Waals surface area contributed by atoms with Crippen LogP contribution in [0.2, 0.25) is 0 Å². The van der Waals surface area contributed by atoms with Crippen molar-refractivity contribution in [3.8, 4) is 0 Å². The van der Waals surface area contributed by atoms with Gasteiger partial charge in [0.25, 0.3) is 0 Å². The van der Waals surface area contributed by atoms with Gasteiger partial charge in [0, 0.05) is 14.2 Å². The maximum absolute atomic E-state index is 13.4. The number of methoxy groups -OCH3 is 1. The van der Waals surface area contributed by atoms with Gasteiger partial charge < -0.3 is 15.0 Å². The molecule has 166 valence electrons. The highest BCUT2D eigenvalue weighted by molar-refractivity contribution is 5.90. The van der Waals surface area contributed by atoms with Crippen molar-refractivity contribution >= 4 is 11.8 Å². The number of likely N-dealkylation sites (N-methyl/N-ethyl adjacent to an activating group) is 2. The summed E-state index contributed by atoms with van der Waals surface area (Å²) in [7, 11) is 7.33. The molecule has 0 aromatic heterocycles. The van der Waals surface area contributed by atoms with Gasteiger partial charge in [0.05, 0.1) is 18.2 Å². The first-order valence-electron chi connectivity index (χ1n) is 10.7. The van der Waals surface area contributed by atoms with Gasteiger partial charge >= 0.3 is 0 Å². The molecule has 0 aromatic carbocycles. The molecule has 1 N–H and O–H groups in total. The zero-order valence-electron chi connectivity index (χ0n) is 20.1. The minimum absolute atomic E-state index is 0.00548. The van der Waals surface area contributed by atoms with E-state index in [1.165, 1.54) is 0 Å². The molecule has 2 amide bonds. The number of carbonyl (C=O) groups is 2. The second kappa shape index (κ2) is 12.4. The fourth-order valence-electron chi connectivity index (χ4n) is 4.04. The average molecular weight is 400 g/mol. The van der Waals surface area contributed by atoms with E-state index in [0.29, 0.717) is 5.92 Å². The van der Waals surface area contributed by atoms with Crippen LogP contribution in [-0.4, -0.2) is 74.1 Å². The third-order valence-corrected chi connectivity index (χ3v) is 5.79. The molecule has 0 radical (unpaired) electrons. The Bertz CT molecular complexity index is 468. The SMILES string of the molecule is CCC(C)C(C(CC)OC)N(C)C(=O)C(NC(=O)C(C(C)C)N(C)C)C(C)C. The van der Waals surface area contributed by atoms with Gasteiger partial charge in [-0.25, -0.2) is 0 Å². The summed E-state index contributed by atoms with van der Waals surface area (Å²) in [4.78, 5) is 30.1. The quantitative estimate of drug-likeness (QED) is 0.548. The molecule has 0 aliphatic carbocycles. The third-order valence-electron chi connectivity index (χ3n) is 5.79. The van der Waals surface area contributed by atoms with Crippen molar-refractivity contribution in [1.29, 1.82) is 0 Å². The lowest BCUT2D eigenvalue weighted by Gasteiger charge is -2.40. The minimum Gasteiger partial charge on any atom is -0.379 e. The van der Waals surface area contributed by atoms with E-state index in [4.69, 9.17) is 4.74 Å². The number of amides is 2. The Kier molecular flexibility index (Phi) is 11.9. The highest BCUT2D eigenvalue weighted by Gasteiger charge is 2.37. The Labute approximate surface area is 173 Å². The van der Waals surface area contributed by atoms with Crippen molar-refractivity contribution in [2.75, 3.05) is 28.3 Å². The number of nitrogens with one attached hydrogen (secondary N) is 1. The molecule has 6 nitrogen and oxygen atoms in total. The number of carbonyl (C=O) groups excluding carboxylic acids is 2. The van der Waals surface area contributed by atoms with Crippen molar-refractivity contribution in [1.82, 2.24) is 15.1 Å². The van der Waals surface area contributed by atoms with Crippen LogP contribution in [0, 0.1) is 17.8 Å². The van der Waals surface area contributed by atoms with Crippen LogP contribution in [0.1, 0.15) is 61.3 Å². The Morgan fingerprint density at radius 3 is 1.79 bits per heavy atom. The summed E-state index contributed by atoms with van der Waals surface area (Å²) in [5.41, 5.74) is 0. The minimum atomic E-state index is -0.556. The van der Waals surface area contributed by atoms with Crippen LogP contribution in [0.4, 0.5) is 0 Å². The highest BCUT2D eigenvalue weighted by atomic mass is 16.5. The first-order valence-corrected chi connectivity index (χ1v) is 10.7. The number of hydrogen-bond acceptors (Lipinski definition) is 4. The van der Waals surface area contributed by atoms with E-state index in [1.807, 2.05) is 53.7 Å². The molecule has 0 heterocycles. The molecular formula is C22H45N3O3. The lowest BCUT2D eigenvalue weighted by Crippen LogP contribution is -2.59. The average Bonchev–Trinajstić information content (AvgIpc) is 2.61. The van der Waals surface area contributed by atoms with Crippen LogP contribution >= 0.6 is 0 Å². The smallest absolute Gasteiger partial charge is 0.245 e. The standard InChI is InChI=1S/C22H45N3O3/c1-12-16(7)20(17(13-2)28-11)25(10)22(27)18(14(3)4)23-21(26)19(15(5)6)24(8)9/h14-20H,12-13H2,1-11H3,(H,23,26). The monoisotopic (exact) mass is 399 g/mol. The van der Waals surface area contributed by atoms with E-state index >= 15 is 0 Å².